The van der Waals surface area contributed by atoms with Gasteiger partial charge in [-0.25, -0.2) is 0 Å². The number of hydrogen-bond donors (Lipinski definition) is 0. The Kier molecular flexibility index (Phi) is 2.73. The van der Waals surface area contributed by atoms with E-state index >= 15 is 0 Å². The van der Waals surface area contributed by atoms with E-state index in [1.165, 1.54) is 6.20 Å². The molecule has 1 aliphatic heterocycles. The summed E-state index contributed by atoms with van der Waals surface area (Å²) in [6.07, 6.45) is -0.213. The number of alkyl halides is 3. The van der Waals surface area contributed by atoms with Crippen LogP contribution in [0.5, 0.6) is 0 Å². The number of rotatable bonds is 2. The van der Waals surface area contributed by atoms with Crippen molar-refractivity contribution < 1.29 is 13.2 Å². The molecule has 0 radical (unpaired) electrons. The van der Waals surface area contributed by atoms with Gasteiger partial charge in [-0.3, -0.25) is 4.99 Å². The van der Waals surface area contributed by atoms with Crippen molar-refractivity contribution in [1.82, 2.24) is 4.90 Å². The third-order valence-electron chi connectivity index (χ3n) is 1.47. The molecular formula is C7H9F3N2. The molecular weight excluding hydrogens is 169 g/mol. The second-order valence-electron chi connectivity index (χ2n) is 2.49. The number of hydrogen-bond acceptors (Lipinski definition) is 2. The third-order valence-corrected chi connectivity index (χ3v) is 1.47. The van der Waals surface area contributed by atoms with Crippen molar-refractivity contribution in [3.63, 3.8) is 0 Å². The fourth-order valence-corrected chi connectivity index (χ4v) is 0.843. The lowest BCUT2D eigenvalue weighted by Gasteiger charge is -2.20. The van der Waals surface area contributed by atoms with E-state index in [2.05, 4.69) is 4.99 Å². The first-order chi connectivity index (χ1) is 5.58. The molecule has 0 unspecified atom stereocenters. The maximum Gasteiger partial charge on any atom is 0.390 e. The highest BCUT2D eigenvalue weighted by Crippen LogP contribution is 2.19. The molecule has 0 spiro atoms. The Morgan fingerprint density at radius 1 is 1.42 bits per heavy atom. The second-order valence-corrected chi connectivity index (χ2v) is 2.49. The van der Waals surface area contributed by atoms with E-state index in [0.29, 0.717) is 6.54 Å². The molecule has 1 heterocycles. The maximum atomic E-state index is 11.7. The van der Waals surface area contributed by atoms with Crippen LogP contribution in [-0.2, 0) is 0 Å². The molecule has 0 amide bonds. The number of nitrogens with zero attached hydrogens (tertiary/aromatic N) is 2. The second kappa shape index (κ2) is 3.60. The average Bonchev–Trinajstić information content (AvgIpc) is 2.02. The van der Waals surface area contributed by atoms with Crippen LogP contribution in [-0.4, -0.2) is 30.4 Å². The topological polar surface area (TPSA) is 15.6 Å². The first-order valence-electron chi connectivity index (χ1n) is 3.57. The van der Waals surface area contributed by atoms with Gasteiger partial charge in [0.15, 0.2) is 0 Å². The molecule has 0 atom stereocenters. The van der Waals surface area contributed by atoms with E-state index in [0.717, 1.165) is 0 Å². The van der Waals surface area contributed by atoms with Gasteiger partial charge in [0.05, 0.1) is 13.0 Å². The molecule has 1 rings (SSSR count). The van der Waals surface area contributed by atoms with Gasteiger partial charge < -0.3 is 4.90 Å². The molecule has 0 aromatic rings. The Labute approximate surface area is 68.4 Å². The van der Waals surface area contributed by atoms with Crippen LogP contribution in [0, 0.1) is 0 Å². The van der Waals surface area contributed by atoms with Crippen molar-refractivity contribution in [2.45, 2.75) is 12.6 Å². The minimum Gasteiger partial charge on any atom is -0.371 e. The van der Waals surface area contributed by atoms with E-state index in [1.807, 2.05) is 0 Å². The Morgan fingerprint density at radius 3 is 2.67 bits per heavy atom. The van der Waals surface area contributed by atoms with Crippen molar-refractivity contribution in [3.05, 3.63) is 12.4 Å². The summed E-state index contributed by atoms with van der Waals surface area (Å²) in [6, 6.07) is 0. The molecule has 0 aliphatic carbocycles. The van der Waals surface area contributed by atoms with Crippen LogP contribution in [0.2, 0.25) is 0 Å². The molecule has 12 heavy (non-hydrogen) atoms. The van der Waals surface area contributed by atoms with Crippen molar-refractivity contribution in [2.24, 2.45) is 4.99 Å². The lowest BCUT2D eigenvalue weighted by atomic mass is 10.3. The molecule has 0 aromatic carbocycles. The third kappa shape index (κ3) is 3.41. The van der Waals surface area contributed by atoms with Gasteiger partial charge in [0.25, 0.3) is 0 Å². The molecule has 0 saturated carbocycles. The Bertz CT molecular complexity index is 195. The van der Waals surface area contributed by atoms with Gasteiger partial charge in [0.2, 0.25) is 0 Å². The molecule has 0 aromatic heterocycles. The van der Waals surface area contributed by atoms with Crippen LogP contribution in [0.25, 0.3) is 0 Å². The predicted octanol–water partition coefficient (Wildman–Crippen LogP) is 1.80. The van der Waals surface area contributed by atoms with E-state index in [1.54, 1.807) is 17.3 Å². The average molecular weight is 178 g/mol. The smallest absolute Gasteiger partial charge is 0.371 e. The summed E-state index contributed by atoms with van der Waals surface area (Å²) < 4.78 is 35.2. The maximum absolute atomic E-state index is 11.7. The Morgan fingerprint density at radius 2 is 2.17 bits per heavy atom. The zero-order chi connectivity index (χ0) is 9.03. The van der Waals surface area contributed by atoms with Gasteiger partial charge in [-0.05, 0) is 0 Å². The normalized spacial score (nSPS) is 17.1. The van der Waals surface area contributed by atoms with Crippen LogP contribution in [0.3, 0.4) is 0 Å². The van der Waals surface area contributed by atoms with Gasteiger partial charge in [0.1, 0.15) is 0 Å². The van der Waals surface area contributed by atoms with Gasteiger partial charge in [0, 0.05) is 25.2 Å². The van der Waals surface area contributed by atoms with E-state index in [4.69, 9.17) is 0 Å². The first-order valence-corrected chi connectivity index (χ1v) is 3.57. The quantitative estimate of drug-likeness (QED) is 0.629. The summed E-state index contributed by atoms with van der Waals surface area (Å²) in [5, 5.41) is 0. The molecule has 68 valence electrons. The molecule has 5 heteroatoms. The highest BCUT2D eigenvalue weighted by molar-refractivity contribution is 5.61. The van der Waals surface area contributed by atoms with E-state index < -0.39 is 12.6 Å². The summed E-state index contributed by atoms with van der Waals surface area (Å²) >= 11 is 0. The Balaban J connectivity index is 2.24. The fraction of sp³-hybridized carbons (Fsp3) is 0.571. The summed E-state index contributed by atoms with van der Waals surface area (Å²) in [4.78, 5) is 5.31. The van der Waals surface area contributed by atoms with Crippen molar-refractivity contribution in [3.8, 4) is 0 Å². The highest BCUT2D eigenvalue weighted by atomic mass is 19.4. The van der Waals surface area contributed by atoms with Crippen LogP contribution in [0.1, 0.15) is 6.42 Å². The minimum atomic E-state index is -4.07. The predicted molar refractivity (Wildman–Crippen MR) is 39.9 cm³/mol. The van der Waals surface area contributed by atoms with E-state index in [-0.39, 0.29) is 6.54 Å². The SMILES string of the molecule is FC(F)(F)CCN1C=CN=CC1. The molecule has 2 nitrogen and oxygen atoms in total. The number of aliphatic imine (C=N–C) groups is 1. The lowest BCUT2D eigenvalue weighted by molar-refractivity contribution is -0.136. The summed E-state index contributed by atoms with van der Waals surface area (Å²) in [5.74, 6) is 0. The van der Waals surface area contributed by atoms with Crippen LogP contribution in [0.15, 0.2) is 17.4 Å². The monoisotopic (exact) mass is 178 g/mol. The molecule has 0 bridgehead atoms. The molecule has 0 N–H and O–H groups in total. The van der Waals surface area contributed by atoms with Crippen LogP contribution < -0.4 is 0 Å². The summed E-state index contributed by atoms with van der Waals surface area (Å²) in [7, 11) is 0. The van der Waals surface area contributed by atoms with Gasteiger partial charge in [-0.15, -0.1) is 0 Å². The van der Waals surface area contributed by atoms with Crippen LogP contribution in [0.4, 0.5) is 13.2 Å². The first kappa shape index (κ1) is 9.09. The summed E-state index contributed by atoms with van der Waals surface area (Å²) in [5.41, 5.74) is 0. The minimum absolute atomic E-state index is 0.00597. The van der Waals surface area contributed by atoms with Crippen LogP contribution >= 0.6 is 0 Å². The van der Waals surface area contributed by atoms with Gasteiger partial charge >= 0.3 is 6.18 Å². The van der Waals surface area contributed by atoms with Gasteiger partial charge in [-0.1, -0.05) is 0 Å². The van der Waals surface area contributed by atoms with Gasteiger partial charge in [-0.2, -0.15) is 13.2 Å². The fourth-order valence-electron chi connectivity index (χ4n) is 0.843. The zero-order valence-electron chi connectivity index (χ0n) is 6.38. The van der Waals surface area contributed by atoms with E-state index in [9.17, 15) is 13.2 Å². The van der Waals surface area contributed by atoms with Crippen molar-refractivity contribution in [2.75, 3.05) is 13.1 Å². The molecule has 0 saturated heterocycles. The highest BCUT2D eigenvalue weighted by Gasteiger charge is 2.27. The standard InChI is InChI=1S/C7H9F3N2/c8-7(9,10)1-4-12-5-2-11-3-6-12/h2-3,5H,1,4,6H2. The lowest BCUT2D eigenvalue weighted by Crippen LogP contribution is -2.26. The van der Waals surface area contributed by atoms with Crippen molar-refractivity contribution in [1.29, 1.82) is 0 Å². The summed E-state index contributed by atoms with van der Waals surface area (Å²) in [6.45, 7) is 0.471. The largest absolute Gasteiger partial charge is 0.390 e. The molecule has 1 aliphatic rings. The molecule has 0 fully saturated rings. The van der Waals surface area contributed by atoms with Crippen molar-refractivity contribution >= 4 is 6.21 Å². The number of halogens is 3. The Hall–Kier alpha value is -1.00. The zero-order valence-corrected chi connectivity index (χ0v) is 6.38.